The van der Waals surface area contributed by atoms with Crippen molar-refractivity contribution in [3.05, 3.63) is 47.5 Å². The maximum atomic E-state index is 12.4. The number of ketones is 1. The van der Waals surface area contributed by atoms with Crippen LogP contribution >= 0.6 is 0 Å². The topological polar surface area (TPSA) is 94.8 Å². The van der Waals surface area contributed by atoms with E-state index < -0.39 is 12.1 Å². The summed E-state index contributed by atoms with van der Waals surface area (Å²) in [5, 5.41) is 30.1. The summed E-state index contributed by atoms with van der Waals surface area (Å²) in [6.45, 7) is 2.16. The average molecular weight is 415 g/mol. The molecule has 30 heavy (non-hydrogen) atoms. The van der Waals surface area contributed by atoms with Gasteiger partial charge in [-0.15, -0.1) is 0 Å². The highest BCUT2D eigenvalue weighted by Gasteiger charge is 2.42. The third-order valence-electron chi connectivity index (χ3n) is 7.20. The van der Waals surface area contributed by atoms with E-state index in [2.05, 4.69) is 6.92 Å². The molecule has 0 aromatic heterocycles. The Morgan fingerprint density at radius 2 is 1.97 bits per heavy atom. The number of Topliss-reactive ketones (excluding diaryl/α,β-unsaturated/α-hetero) is 1. The molecule has 2 unspecified atom stereocenters. The second-order valence-electron chi connectivity index (χ2n) is 9.11. The number of carbonyl (C=O) groups excluding carboxylic acids is 1. The van der Waals surface area contributed by atoms with Gasteiger partial charge in [0.2, 0.25) is 0 Å². The van der Waals surface area contributed by atoms with E-state index in [9.17, 15) is 19.8 Å². The first-order valence-electron chi connectivity index (χ1n) is 11.2. The van der Waals surface area contributed by atoms with Crippen LogP contribution in [0.1, 0.15) is 74.2 Å². The number of carboxylic acids is 1. The van der Waals surface area contributed by atoms with Gasteiger partial charge in [-0.3, -0.25) is 4.79 Å². The molecule has 1 aromatic rings. The molecule has 0 aliphatic heterocycles. The van der Waals surface area contributed by atoms with Gasteiger partial charge in [-0.25, -0.2) is 4.79 Å². The molecule has 2 aliphatic carbocycles. The summed E-state index contributed by atoms with van der Waals surface area (Å²) in [5.74, 6) is -1.32. The van der Waals surface area contributed by atoms with E-state index in [1.165, 1.54) is 6.42 Å². The van der Waals surface area contributed by atoms with Crippen molar-refractivity contribution >= 4 is 11.8 Å². The lowest BCUT2D eigenvalue weighted by Gasteiger charge is -2.45. The second-order valence-corrected chi connectivity index (χ2v) is 9.11. The Labute approximate surface area is 178 Å². The molecule has 0 amide bonds. The quantitative estimate of drug-likeness (QED) is 0.500. The van der Waals surface area contributed by atoms with Gasteiger partial charge in [0.25, 0.3) is 0 Å². The first kappa shape index (κ1) is 22.7. The summed E-state index contributed by atoms with van der Waals surface area (Å²) in [6, 6.07) is 6.72. The molecular formula is C25H34O5. The summed E-state index contributed by atoms with van der Waals surface area (Å²) in [7, 11) is 0. The monoisotopic (exact) mass is 414 g/mol. The van der Waals surface area contributed by atoms with Crippen LogP contribution in [0.3, 0.4) is 0 Å². The number of carboxylic acid groups (broad SMARTS) is 1. The van der Waals surface area contributed by atoms with Crippen molar-refractivity contribution in [2.45, 2.75) is 76.9 Å². The maximum absolute atomic E-state index is 12.4. The lowest BCUT2D eigenvalue weighted by molar-refractivity contribution is -0.121. The third-order valence-corrected chi connectivity index (χ3v) is 7.20. The van der Waals surface area contributed by atoms with Crippen LogP contribution in [0.25, 0.3) is 0 Å². The molecule has 0 radical (unpaired) electrons. The SMILES string of the molecule is CCCC1(C(O)C/C=C/[C@H]2C(O)CC(=O)[C@@H]2CCc2ccc(C(=O)O)cc2)CCC1. The van der Waals surface area contributed by atoms with Crippen LogP contribution in [0.2, 0.25) is 0 Å². The molecule has 0 heterocycles. The minimum absolute atomic E-state index is 0.0602. The Bertz CT molecular complexity index is 762. The van der Waals surface area contributed by atoms with E-state index in [1.54, 1.807) is 24.3 Å². The first-order chi connectivity index (χ1) is 14.4. The Hall–Kier alpha value is -1.98. The molecule has 1 aromatic carbocycles. The van der Waals surface area contributed by atoms with Crippen LogP contribution in [0.4, 0.5) is 0 Å². The highest BCUT2D eigenvalue weighted by molar-refractivity contribution is 5.87. The van der Waals surface area contributed by atoms with Crippen molar-refractivity contribution < 1.29 is 24.9 Å². The largest absolute Gasteiger partial charge is 0.478 e. The number of aliphatic hydroxyl groups excluding tert-OH is 2. The Morgan fingerprint density at radius 3 is 2.53 bits per heavy atom. The van der Waals surface area contributed by atoms with Gasteiger partial charge in [-0.05, 0) is 61.6 Å². The maximum Gasteiger partial charge on any atom is 0.335 e. The second kappa shape index (κ2) is 9.88. The number of benzene rings is 1. The molecular weight excluding hydrogens is 380 g/mol. The lowest BCUT2D eigenvalue weighted by Crippen LogP contribution is -2.41. The van der Waals surface area contributed by atoms with Gasteiger partial charge in [-0.2, -0.15) is 0 Å². The summed E-state index contributed by atoms with van der Waals surface area (Å²) in [5.41, 5.74) is 1.29. The van der Waals surface area contributed by atoms with Crippen LogP contribution in [0.5, 0.6) is 0 Å². The minimum Gasteiger partial charge on any atom is -0.478 e. The van der Waals surface area contributed by atoms with E-state index in [0.29, 0.717) is 19.3 Å². The van der Waals surface area contributed by atoms with Crippen molar-refractivity contribution in [3.8, 4) is 0 Å². The summed E-state index contributed by atoms with van der Waals surface area (Å²) >= 11 is 0. The summed E-state index contributed by atoms with van der Waals surface area (Å²) in [4.78, 5) is 23.4. The molecule has 2 aliphatic rings. The zero-order valence-electron chi connectivity index (χ0n) is 17.8. The molecule has 2 fully saturated rings. The van der Waals surface area contributed by atoms with Crippen LogP contribution in [-0.4, -0.2) is 39.3 Å². The van der Waals surface area contributed by atoms with Crippen molar-refractivity contribution in [2.75, 3.05) is 0 Å². The Morgan fingerprint density at radius 1 is 1.27 bits per heavy atom. The Kier molecular flexibility index (Phi) is 7.48. The van der Waals surface area contributed by atoms with E-state index in [-0.39, 0.29) is 41.1 Å². The van der Waals surface area contributed by atoms with Crippen LogP contribution in [0, 0.1) is 17.3 Å². The normalized spacial score (nSPS) is 26.6. The van der Waals surface area contributed by atoms with Gasteiger partial charge >= 0.3 is 5.97 Å². The highest BCUT2D eigenvalue weighted by atomic mass is 16.4. The summed E-state index contributed by atoms with van der Waals surface area (Å²) in [6.07, 6.45) is 10.4. The molecule has 164 valence electrons. The van der Waals surface area contributed by atoms with Crippen LogP contribution in [-0.2, 0) is 11.2 Å². The number of aromatic carboxylic acids is 1. The van der Waals surface area contributed by atoms with E-state index in [4.69, 9.17) is 5.11 Å². The molecule has 3 N–H and O–H groups in total. The lowest BCUT2D eigenvalue weighted by atomic mass is 9.62. The van der Waals surface area contributed by atoms with Crippen molar-refractivity contribution in [2.24, 2.45) is 17.3 Å². The molecule has 0 saturated heterocycles. The van der Waals surface area contributed by atoms with Crippen molar-refractivity contribution in [1.82, 2.24) is 0 Å². The van der Waals surface area contributed by atoms with Gasteiger partial charge < -0.3 is 15.3 Å². The molecule has 0 bridgehead atoms. The van der Waals surface area contributed by atoms with E-state index >= 15 is 0 Å². The first-order valence-corrected chi connectivity index (χ1v) is 11.2. The predicted octanol–water partition coefficient (Wildman–Crippen LogP) is 4.16. The van der Waals surface area contributed by atoms with Crippen LogP contribution < -0.4 is 0 Å². The highest BCUT2D eigenvalue weighted by Crippen LogP contribution is 2.48. The number of aryl methyl sites for hydroxylation is 1. The molecule has 3 rings (SSSR count). The van der Waals surface area contributed by atoms with Gasteiger partial charge in [0.05, 0.1) is 17.8 Å². The standard InChI is InChI=1S/C25H34O5/c1-2-13-25(14-4-15-25)23(28)6-3-5-19-20(22(27)16-21(19)26)12-9-17-7-10-18(11-8-17)24(29)30/h3,5,7-8,10-11,19-21,23,26,28H,2,4,6,9,12-16H2,1H3,(H,29,30)/b5-3+/t19-,20-,21?,23?/m1/s1. The zero-order valence-corrected chi connectivity index (χ0v) is 17.8. The number of hydrogen-bond donors (Lipinski definition) is 3. The van der Waals surface area contributed by atoms with Crippen molar-refractivity contribution in [1.29, 1.82) is 0 Å². The fourth-order valence-electron chi connectivity index (χ4n) is 5.22. The van der Waals surface area contributed by atoms with Gasteiger partial charge in [-0.1, -0.05) is 44.1 Å². The van der Waals surface area contributed by atoms with Crippen LogP contribution in [0.15, 0.2) is 36.4 Å². The smallest absolute Gasteiger partial charge is 0.335 e. The molecule has 0 spiro atoms. The molecule has 4 atom stereocenters. The van der Waals surface area contributed by atoms with Crippen molar-refractivity contribution in [3.63, 3.8) is 0 Å². The molecule has 5 nitrogen and oxygen atoms in total. The minimum atomic E-state index is -0.953. The summed E-state index contributed by atoms with van der Waals surface area (Å²) < 4.78 is 0. The number of hydrogen-bond acceptors (Lipinski definition) is 4. The van der Waals surface area contributed by atoms with Gasteiger partial charge in [0, 0.05) is 18.3 Å². The van der Waals surface area contributed by atoms with Gasteiger partial charge in [0.15, 0.2) is 0 Å². The molecule has 5 heteroatoms. The van der Waals surface area contributed by atoms with Gasteiger partial charge in [0.1, 0.15) is 5.78 Å². The molecule has 2 saturated carbocycles. The Balaban J connectivity index is 1.58. The van der Waals surface area contributed by atoms with E-state index in [1.807, 2.05) is 12.2 Å². The number of carbonyl (C=O) groups is 2. The zero-order chi connectivity index (χ0) is 21.7. The fourth-order valence-corrected chi connectivity index (χ4v) is 5.22. The number of rotatable bonds is 10. The predicted molar refractivity (Wildman–Crippen MR) is 115 cm³/mol. The average Bonchev–Trinajstić information content (AvgIpc) is 2.95. The fraction of sp³-hybridized carbons (Fsp3) is 0.600. The van der Waals surface area contributed by atoms with E-state index in [0.717, 1.165) is 31.2 Å². The third kappa shape index (κ3) is 5.01. The number of aliphatic hydroxyl groups is 2.